The Labute approximate surface area is 120 Å². The molecule has 5 heteroatoms. The highest BCUT2D eigenvalue weighted by molar-refractivity contribution is 6.62. The molecule has 4 nitrogen and oxygen atoms in total. The fourth-order valence-electron chi connectivity index (χ4n) is 1.49. The maximum atomic E-state index is 8.19. The van der Waals surface area contributed by atoms with E-state index in [4.69, 9.17) is 25.0 Å². The zero-order chi connectivity index (χ0) is 20.3. The summed E-state index contributed by atoms with van der Waals surface area (Å²) in [6.07, 6.45) is -0.609. The van der Waals surface area contributed by atoms with Crippen molar-refractivity contribution in [2.75, 3.05) is 6.56 Å². The first-order valence-electron chi connectivity index (χ1n) is 9.52. The van der Waals surface area contributed by atoms with Gasteiger partial charge >= 0.3 is 7.12 Å². The molecule has 1 fully saturated rings. The predicted octanol–water partition coefficient (Wildman–Crippen LogP) is 1.78. The van der Waals surface area contributed by atoms with Crippen LogP contribution in [-0.4, -0.2) is 29.9 Å². The van der Waals surface area contributed by atoms with Gasteiger partial charge in [-0.2, -0.15) is 0 Å². The first kappa shape index (κ1) is 6.39. The molecule has 0 aromatic carbocycles. The average molecular weight is 257 g/mol. The molecule has 0 radical (unpaired) electrons. The third-order valence-electron chi connectivity index (χ3n) is 3.23. The van der Waals surface area contributed by atoms with Crippen LogP contribution >= 0.6 is 0 Å². The molecule has 18 heavy (non-hydrogen) atoms. The van der Waals surface area contributed by atoms with Gasteiger partial charge in [-0.15, -0.1) is 0 Å². The van der Waals surface area contributed by atoms with Crippen LogP contribution in [0.15, 0.2) is 18.3 Å². The standard InChI is InChI=1S/C13H20BNO3/c1-6-16-11-9-10(7-8-15-11)14-17-12(2,3)13(4,5)18-14/h7-9H,6H2,1-5H3/i1D3,6D2,7D,8D,9D. The molecule has 2 heterocycles. The van der Waals surface area contributed by atoms with E-state index in [0.717, 1.165) is 0 Å². The van der Waals surface area contributed by atoms with E-state index >= 15 is 0 Å². The van der Waals surface area contributed by atoms with Crippen LogP contribution in [0.1, 0.15) is 45.5 Å². The largest absolute Gasteiger partial charge is 0.495 e. The zero-order valence-corrected chi connectivity index (χ0v) is 10.7. The van der Waals surface area contributed by atoms with Gasteiger partial charge in [0.25, 0.3) is 0 Å². The van der Waals surface area contributed by atoms with Crippen LogP contribution in [0, 0.1) is 0 Å². The summed E-state index contributed by atoms with van der Waals surface area (Å²) in [5, 5.41) is 0. The molecule has 0 spiro atoms. The smallest absolute Gasteiger partial charge is 0.478 e. The number of ether oxygens (including phenoxy) is 1. The van der Waals surface area contributed by atoms with E-state index in [1.54, 1.807) is 27.7 Å². The molecule has 0 amide bonds. The summed E-state index contributed by atoms with van der Waals surface area (Å²) >= 11 is 0. The van der Waals surface area contributed by atoms with Crippen LogP contribution in [0.25, 0.3) is 0 Å². The molecule has 0 unspecified atom stereocenters. The summed E-state index contributed by atoms with van der Waals surface area (Å²) in [6, 6.07) is -0.993. The van der Waals surface area contributed by atoms with E-state index in [2.05, 4.69) is 4.98 Å². The second kappa shape index (κ2) is 4.55. The summed E-state index contributed by atoms with van der Waals surface area (Å²) in [7, 11) is -1.17. The lowest BCUT2D eigenvalue weighted by atomic mass is 9.80. The fourth-order valence-corrected chi connectivity index (χ4v) is 1.49. The van der Waals surface area contributed by atoms with Crippen molar-refractivity contribution in [1.29, 1.82) is 0 Å². The summed E-state index contributed by atoms with van der Waals surface area (Å²) < 4.78 is 77.0. The zero-order valence-electron chi connectivity index (χ0n) is 18.7. The second-order valence-corrected chi connectivity index (χ2v) is 4.98. The molecule has 2 rings (SSSR count). The highest BCUT2D eigenvalue weighted by Crippen LogP contribution is 2.36. The molecule has 0 atom stereocenters. The lowest BCUT2D eigenvalue weighted by Gasteiger charge is -2.32. The van der Waals surface area contributed by atoms with Crippen LogP contribution in [0.4, 0.5) is 0 Å². The molecule has 0 bridgehead atoms. The van der Waals surface area contributed by atoms with Crippen LogP contribution in [0.5, 0.6) is 5.88 Å². The third-order valence-corrected chi connectivity index (χ3v) is 3.23. The number of hydrogen-bond acceptors (Lipinski definition) is 4. The van der Waals surface area contributed by atoms with Crippen molar-refractivity contribution >= 4 is 12.6 Å². The summed E-state index contributed by atoms with van der Waals surface area (Å²) in [6.45, 7) is 0.829. The summed E-state index contributed by atoms with van der Waals surface area (Å²) in [4.78, 5) is 3.54. The van der Waals surface area contributed by atoms with Gasteiger partial charge in [-0.1, -0.05) is 0 Å². The summed E-state index contributed by atoms with van der Waals surface area (Å²) in [5.74, 6) is -0.711. The Morgan fingerprint density at radius 3 is 2.72 bits per heavy atom. The highest BCUT2D eigenvalue weighted by Gasteiger charge is 2.51. The minimum Gasteiger partial charge on any atom is -0.478 e. The molecular formula is C13H20BNO3. The predicted molar refractivity (Wildman–Crippen MR) is 71.1 cm³/mol. The average Bonchev–Trinajstić information content (AvgIpc) is 2.63. The van der Waals surface area contributed by atoms with Gasteiger partial charge in [0.15, 0.2) is 0 Å². The van der Waals surface area contributed by atoms with Crippen molar-refractivity contribution in [3.63, 3.8) is 0 Å². The topological polar surface area (TPSA) is 40.6 Å². The number of nitrogens with zero attached hydrogens (tertiary/aromatic N) is 1. The lowest BCUT2D eigenvalue weighted by Crippen LogP contribution is -2.41. The molecule has 98 valence electrons. The van der Waals surface area contributed by atoms with Gasteiger partial charge in [0.05, 0.1) is 24.6 Å². The van der Waals surface area contributed by atoms with Gasteiger partial charge in [0.1, 0.15) is 0 Å². The number of hydrogen-bond donors (Lipinski definition) is 0. The maximum absolute atomic E-state index is 8.19. The molecule has 1 aromatic heterocycles. The number of pyridine rings is 1. The number of rotatable bonds is 3. The molecule has 0 saturated carbocycles. The van der Waals surface area contributed by atoms with Crippen LogP contribution in [0.3, 0.4) is 0 Å². The van der Waals surface area contributed by atoms with Crippen molar-refractivity contribution in [3.8, 4) is 5.88 Å². The van der Waals surface area contributed by atoms with E-state index in [-0.39, 0.29) is 5.46 Å². The molecule has 0 N–H and O–H groups in total. The molecule has 1 saturated heterocycles. The Morgan fingerprint density at radius 1 is 1.44 bits per heavy atom. The SMILES string of the molecule is [2H]c1nc(OC([2H])([2H])C([2H])([2H])[2H])c([2H])c(B2OC(C)(C)C(C)(C)O2)c1[2H]. The second-order valence-electron chi connectivity index (χ2n) is 4.98. The van der Waals surface area contributed by atoms with Crippen LogP contribution < -0.4 is 10.2 Å². The van der Waals surface area contributed by atoms with E-state index in [1.807, 2.05) is 0 Å². The molecule has 1 aliphatic heterocycles. The Morgan fingerprint density at radius 2 is 2.11 bits per heavy atom. The Bertz CT molecular complexity index is 706. The van der Waals surface area contributed by atoms with Crippen molar-refractivity contribution in [2.24, 2.45) is 0 Å². The van der Waals surface area contributed by atoms with Crippen molar-refractivity contribution in [2.45, 2.75) is 45.7 Å². The Kier molecular flexibility index (Phi) is 1.62. The van der Waals surface area contributed by atoms with Gasteiger partial charge in [-0.05, 0) is 46.1 Å². The van der Waals surface area contributed by atoms with Gasteiger partial charge in [-0.3, -0.25) is 0 Å². The minimum atomic E-state index is -3.13. The van der Waals surface area contributed by atoms with E-state index in [9.17, 15) is 0 Å². The quantitative estimate of drug-likeness (QED) is 0.774. The Hall–Kier alpha value is -1.07. The van der Waals surface area contributed by atoms with Crippen LogP contribution in [0.2, 0.25) is 0 Å². The summed E-state index contributed by atoms with van der Waals surface area (Å²) in [5.41, 5.74) is -1.70. The first-order valence-corrected chi connectivity index (χ1v) is 5.52. The molecular weight excluding hydrogens is 229 g/mol. The van der Waals surface area contributed by atoms with Crippen molar-refractivity contribution in [3.05, 3.63) is 18.3 Å². The van der Waals surface area contributed by atoms with Gasteiger partial charge in [0, 0.05) is 16.3 Å². The van der Waals surface area contributed by atoms with E-state index < -0.39 is 55.9 Å². The van der Waals surface area contributed by atoms with Crippen molar-refractivity contribution in [1.82, 2.24) is 4.98 Å². The first-order chi connectivity index (χ1) is 11.5. The maximum Gasteiger partial charge on any atom is 0.495 e. The molecule has 0 aliphatic carbocycles. The van der Waals surface area contributed by atoms with E-state index in [1.165, 1.54) is 0 Å². The Balaban J connectivity index is 2.52. The van der Waals surface area contributed by atoms with Gasteiger partial charge < -0.3 is 14.0 Å². The van der Waals surface area contributed by atoms with Crippen molar-refractivity contribution < 1.29 is 25.0 Å². The molecule has 1 aromatic rings. The third kappa shape index (κ3) is 2.38. The monoisotopic (exact) mass is 257 g/mol. The number of aromatic nitrogens is 1. The highest BCUT2D eigenvalue weighted by atomic mass is 16.7. The fraction of sp³-hybridized carbons (Fsp3) is 0.615. The lowest BCUT2D eigenvalue weighted by molar-refractivity contribution is 0.00578. The normalized spacial score (nSPS) is 29.0. The van der Waals surface area contributed by atoms with Gasteiger partial charge in [0.2, 0.25) is 5.88 Å². The minimum absolute atomic E-state index is 0.167. The van der Waals surface area contributed by atoms with Crippen LogP contribution in [-0.2, 0) is 9.31 Å². The van der Waals surface area contributed by atoms with E-state index in [0.29, 0.717) is 0 Å². The molecule has 1 aliphatic rings. The van der Waals surface area contributed by atoms with Gasteiger partial charge in [-0.25, -0.2) is 4.98 Å².